The fourth-order valence-electron chi connectivity index (χ4n) is 2.92. The molecule has 0 saturated carbocycles. The molecule has 0 N–H and O–H groups in total. The Bertz CT molecular complexity index is 848. The fraction of sp³-hybridized carbons (Fsp3) is 0.176. The molecule has 2 amide bonds. The molecule has 0 bridgehead atoms. The maximum atomic E-state index is 13.1. The van der Waals surface area contributed by atoms with Crippen molar-refractivity contribution in [2.75, 3.05) is 9.91 Å². The van der Waals surface area contributed by atoms with E-state index in [4.69, 9.17) is 0 Å². The summed E-state index contributed by atoms with van der Waals surface area (Å²) in [6, 6.07) is 11.0. The number of halogens is 1. The lowest BCUT2D eigenvalue weighted by molar-refractivity contribution is -0.121. The third-order valence-corrected chi connectivity index (χ3v) is 4.17. The Labute approximate surface area is 137 Å². The van der Waals surface area contributed by atoms with Gasteiger partial charge in [-0.1, -0.05) is 22.9 Å². The fourth-order valence-corrected chi connectivity index (χ4v) is 2.92. The second-order valence-electron chi connectivity index (χ2n) is 5.76. The van der Waals surface area contributed by atoms with E-state index in [2.05, 4.69) is 10.3 Å². The van der Waals surface area contributed by atoms with Gasteiger partial charge in [0.1, 0.15) is 5.82 Å². The van der Waals surface area contributed by atoms with Crippen LogP contribution in [0.4, 0.5) is 15.8 Å². The van der Waals surface area contributed by atoms with Crippen molar-refractivity contribution < 1.29 is 14.0 Å². The molecule has 2 heterocycles. The Morgan fingerprint density at radius 2 is 1.54 bits per heavy atom. The van der Waals surface area contributed by atoms with Crippen molar-refractivity contribution in [1.29, 1.82) is 0 Å². The number of nitrogens with zero attached hydrogens (tertiary/aromatic N) is 4. The van der Waals surface area contributed by atoms with Crippen LogP contribution in [-0.2, 0) is 9.59 Å². The molecule has 2 aliphatic heterocycles. The van der Waals surface area contributed by atoms with Gasteiger partial charge in [-0.15, -0.1) is 0 Å². The first-order chi connectivity index (χ1) is 11.6. The van der Waals surface area contributed by atoms with Gasteiger partial charge in [0.15, 0.2) is 12.1 Å². The van der Waals surface area contributed by atoms with Gasteiger partial charge in [0.2, 0.25) is 0 Å². The molecule has 7 heteroatoms. The molecule has 0 radical (unpaired) electrons. The van der Waals surface area contributed by atoms with Crippen LogP contribution in [0.2, 0.25) is 0 Å². The molecule has 2 aromatic rings. The van der Waals surface area contributed by atoms with Gasteiger partial charge in [-0.05, 0) is 43.3 Å². The first kappa shape index (κ1) is 14.5. The zero-order valence-corrected chi connectivity index (χ0v) is 12.8. The summed E-state index contributed by atoms with van der Waals surface area (Å²) in [6.45, 7) is 1.96. The van der Waals surface area contributed by atoms with E-state index < -0.39 is 29.7 Å². The Balaban J connectivity index is 1.69. The van der Waals surface area contributed by atoms with Crippen molar-refractivity contribution in [3.8, 4) is 0 Å². The number of hydrogen-bond acceptors (Lipinski definition) is 5. The SMILES string of the molecule is Cc1ccc(N2N=N[C@@H]3C(=O)N(c4ccc(F)cc4)C(=O)[C@H]32)cc1. The number of anilines is 2. The molecule has 6 nitrogen and oxygen atoms in total. The lowest BCUT2D eigenvalue weighted by atomic mass is 10.1. The molecule has 4 rings (SSSR count). The van der Waals surface area contributed by atoms with Crippen molar-refractivity contribution in [2.45, 2.75) is 19.0 Å². The van der Waals surface area contributed by atoms with Crippen LogP contribution >= 0.6 is 0 Å². The van der Waals surface area contributed by atoms with E-state index in [9.17, 15) is 14.0 Å². The standard InChI is InChI=1S/C17H13FN4O2/c1-10-2-6-13(7-3-10)22-15-14(19-20-22)16(23)21(17(15)24)12-8-4-11(18)5-9-12/h2-9,14-15H,1H3/t14-,15-/m0/s1. The molecule has 0 spiro atoms. The summed E-state index contributed by atoms with van der Waals surface area (Å²) in [6.07, 6.45) is 0. The summed E-state index contributed by atoms with van der Waals surface area (Å²) in [5, 5.41) is 9.43. The zero-order valence-electron chi connectivity index (χ0n) is 12.8. The van der Waals surface area contributed by atoms with Crippen molar-refractivity contribution in [3.63, 3.8) is 0 Å². The normalized spacial score (nSPS) is 22.4. The maximum absolute atomic E-state index is 13.1. The molecular weight excluding hydrogens is 311 g/mol. The highest BCUT2D eigenvalue weighted by atomic mass is 19.1. The van der Waals surface area contributed by atoms with Gasteiger partial charge in [-0.2, -0.15) is 5.11 Å². The quantitative estimate of drug-likeness (QED) is 0.798. The van der Waals surface area contributed by atoms with E-state index in [0.717, 1.165) is 10.5 Å². The summed E-state index contributed by atoms with van der Waals surface area (Å²) >= 11 is 0. The minimum Gasteiger partial charge on any atom is -0.271 e. The minimum atomic E-state index is -0.871. The lowest BCUT2D eigenvalue weighted by Gasteiger charge is -2.20. The molecule has 1 fully saturated rings. The van der Waals surface area contributed by atoms with Crippen LogP contribution in [0, 0.1) is 12.7 Å². The Morgan fingerprint density at radius 1 is 0.917 bits per heavy atom. The molecule has 120 valence electrons. The molecule has 2 aromatic carbocycles. The highest BCUT2D eigenvalue weighted by molar-refractivity contribution is 6.26. The average molecular weight is 324 g/mol. The van der Waals surface area contributed by atoms with Crippen LogP contribution in [0.3, 0.4) is 0 Å². The molecular formula is C17H13FN4O2. The van der Waals surface area contributed by atoms with E-state index >= 15 is 0 Å². The van der Waals surface area contributed by atoms with Crippen LogP contribution in [-0.4, -0.2) is 23.9 Å². The van der Waals surface area contributed by atoms with Gasteiger partial charge >= 0.3 is 0 Å². The van der Waals surface area contributed by atoms with Crippen LogP contribution in [0.15, 0.2) is 58.9 Å². The molecule has 0 aromatic heterocycles. The molecule has 2 atom stereocenters. The highest BCUT2D eigenvalue weighted by Crippen LogP contribution is 2.34. The number of aryl methyl sites for hydroxylation is 1. The Morgan fingerprint density at radius 3 is 2.21 bits per heavy atom. The van der Waals surface area contributed by atoms with E-state index in [1.807, 2.05) is 31.2 Å². The Hall–Kier alpha value is -3.09. The lowest BCUT2D eigenvalue weighted by Crippen LogP contribution is -2.39. The number of carbonyl (C=O) groups excluding carboxylic acids is 2. The topological polar surface area (TPSA) is 65.3 Å². The van der Waals surface area contributed by atoms with Gasteiger partial charge in [0.05, 0.1) is 11.4 Å². The van der Waals surface area contributed by atoms with Crippen molar-refractivity contribution in [1.82, 2.24) is 0 Å². The van der Waals surface area contributed by atoms with Crippen molar-refractivity contribution >= 4 is 23.2 Å². The van der Waals surface area contributed by atoms with Gasteiger partial charge in [0, 0.05) is 0 Å². The zero-order chi connectivity index (χ0) is 16.8. The Kier molecular flexibility index (Phi) is 3.16. The minimum absolute atomic E-state index is 0.333. The van der Waals surface area contributed by atoms with Crippen LogP contribution in [0.25, 0.3) is 0 Å². The van der Waals surface area contributed by atoms with Gasteiger partial charge in [-0.25, -0.2) is 14.3 Å². The predicted molar refractivity (Wildman–Crippen MR) is 85.0 cm³/mol. The number of imide groups is 1. The number of benzene rings is 2. The van der Waals surface area contributed by atoms with E-state index in [-0.39, 0.29) is 0 Å². The molecule has 2 aliphatic rings. The van der Waals surface area contributed by atoms with Crippen LogP contribution in [0.5, 0.6) is 0 Å². The average Bonchev–Trinajstić information content (AvgIpc) is 3.11. The largest absolute Gasteiger partial charge is 0.271 e. The molecule has 0 unspecified atom stereocenters. The number of fused-ring (bicyclic) bond motifs is 1. The second kappa shape index (κ2) is 5.23. The first-order valence-corrected chi connectivity index (χ1v) is 7.46. The van der Waals surface area contributed by atoms with Crippen molar-refractivity contribution in [3.05, 3.63) is 59.9 Å². The predicted octanol–water partition coefficient (Wildman–Crippen LogP) is 2.63. The molecule has 1 saturated heterocycles. The van der Waals surface area contributed by atoms with E-state index in [1.165, 1.54) is 29.3 Å². The van der Waals surface area contributed by atoms with E-state index in [1.54, 1.807) is 0 Å². The molecule has 0 aliphatic carbocycles. The smallest absolute Gasteiger partial charge is 0.263 e. The summed E-state index contributed by atoms with van der Waals surface area (Å²) in [5.41, 5.74) is 2.10. The maximum Gasteiger partial charge on any atom is 0.263 e. The number of amides is 2. The summed E-state index contributed by atoms with van der Waals surface area (Å²) in [7, 11) is 0. The summed E-state index contributed by atoms with van der Waals surface area (Å²) in [5.74, 6) is -1.30. The summed E-state index contributed by atoms with van der Waals surface area (Å²) < 4.78 is 13.1. The number of hydrogen-bond donors (Lipinski definition) is 0. The molecule has 24 heavy (non-hydrogen) atoms. The third kappa shape index (κ3) is 2.09. The van der Waals surface area contributed by atoms with Gasteiger partial charge in [0.25, 0.3) is 11.8 Å². The monoisotopic (exact) mass is 324 g/mol. The highest BCUT2D eigenvalue weighted by Gasteiger charge is 2.55. The van der Waals surface area contributed by atoms with Crippen molar-refractivity contribution in [2.24, 2.45) is 10.3 Å². The van der Waals surface area contributed by atoms with E-state index in [0.29, 0.717) is 11.4 Å². The second-order valence-corrected chi connectivity index (χ2v) is 5.76. The number of carbonyl (C=O) groups is 2. The third-order valence-electron chi connectivity index (χ3n) is 4.17. The summed E-state index contributed by atoms with van der Waals surface area (Å²) in [4.78, 5) is 26.4. The van der Waals surface area contributed by atoms with Gasteiger partial charge in [-0.3, -0.25) is 9.59 Å². The first-order valence-electron chi connectivity index (χ1n) is 7.46. The van der Waals surface area contributed by atoms with Crippen LogP contribution < -0.4 is 9.91 Å². The van der Waals surface area contributed by atoms with Gasteiger partial charge < -0.3 is 0 Å². The number of rotatable bonds is 2. The van der Waals surface area contributed by atoms with Crippen LogP contribution in [0.1, 0.15) is 5.56 Å².